The van der Waals surface area contributed by atoms with Crippen molar-refractivity contribution in [2.45, 2.75) is 114 Å². The van der Waals surface area contributed by atoms with E-state index in [4.69, 9.17) is 49.2 Å². The van der Waals surface area contributed by atoms with Gasteiger partial charge in [-0.2, -0.15) is 0 Å². The molecule has 13 nitrogen and oxygen atoms in total. The molecule has 6 aromatic carbocycles. The number of benzene rings is 6. The Bertz CT molecular complexity index is 3290. The third-order valence-electron chi connectivity index (χ3n) is 13.5. The number of ether oxygens (including phenoxy) is 3. The fourth-order valence-corrected chi connectivity index (χ4v) is 9.12. The third kappa shape index (κ3) is 16.1. The van der Waals surface area contributed by atoms with Crippen LogP contribution in [-0.2, 0) is 9.53 Å². The number of carbonyl (C=O) groups excluding carboxylic acids is 1. The molecule has 0 aliphatic heterocycles. The Hall–Kier alpha value is -8.29. The van der Waals surface area contributed by atoms with Crippen LogP contribution in [0.4, 0.5) is 0 Å². The van der Waals surface area contributed by atoms with E-state index in [2.05, 4.69) is 84.5 Å². The lowest BCUT2D eigenvalue weighted by Gasteiger charge is -2.13. The molecule has 2 aromatic heterocycles. The Labute approximate surface area is 465 Å². The molecular formula is C66H74N6O7. The molecule has 0 fully saturated rings. The van der Waals surface area contributed by atoms with Crippen LogP contribution in [0.5, 0.6) is 23.0 Å². The summed E-state index contributed by atoms with van der Waals surface area (Å²) in [5, 5.41) is 30.8. The number of phenolic OH excluding ortho intramolecular Hbond substituents is 2. The van der Waals surface area contributed by atoms with Crippen molar-refractivity contribution in [2.24, 2.45) is 0 Å². The van der Waals surface area contributed by atoms with Crippen molar-refractivity contribution in [2.75, 3.05) is 26.4 Å². The number of aryl methyl sites for hydroxylation is 8. The van der Waals surface area contributed by atoms with Crippen LogP contribution in [0.25, 0.3) is 68.3 Å². The Morgan fingerprint density at radius 3 is 0.987 bits per heavy atom. The fraction of sp³-hybridized carbons (Fsp3) is 0.318. The molecular weight excluding hydrogens is 989 g/mol. The number of aromatic nitrogens is 6. The minimum atomic E-state index is -0.142. The number of aliphatic hydroxyl groups excluding tert-OH is 1. The molecule has 0 saturated carbocycles. The van der Waals surface area contributed by atoms with E-state index < -0.39 is 0 Å². The first-order valence-corrected chi connectivity index (χ1v) is 27.2. The number of phenols is 2. The van der Waals surface area contributed by atoms with E-state index in [0.717, 1.165) is 95.9 Å². The van der Waals surface area contributed by atoms with E-state index >= 15 is 0 Å². The van der Waals surface area contributed by atoms with Gasteiger partial charge in [0, 0.05) is 47.9 Å². The Morgan fingerprint density at radius 2 is 0.696 bits per heavy atom. The quantitative estimate of drug-likeness (QED) is 0.0313. The van der Waals surface area contributed by atoms with E-state index in [0.29, 0.717) is 77.4 Å². The highest BCUT2D eigenvalue weighted by Crippen LogP contribution is 2.36. The van der Waals surface area contributed by atoms with Crippen LogP contribution >= 0.6 is 0 Å². The first-order chi connectivity index (χ1) is 38.0. The lowest BCUT2D eigenvalue weighted by molar-refractivity contribution is -0.116. The molecule has 0 saturated heterocycles. The maximum atomic E-state index is 11.1. The van der Waals surface area contributed by atoms with Gasteiger partial charge >= 0.3 is 0 Å². The number of aliphatic hydroxyl groups is 1. The highest BCUT2D eigenvalue weighted by molar-refractivity contribution is 5.90. The summed E-state index contributed by atoms with van der Waals surface area (Å²) in [7, 11) is 0. The molecule has 0 bridgehead atoms. The van der Waals surface area contributed by atoms with Crippen molar-refractivity contribution in [3.05, 3.63) is 166 Å². The Kier molecular flexibility index (Phi) is 20.6. The van der Waals surface area contributed by atoms with Gasteiger partial charge in [0.15, 0.2) is 46.5 Å². The minimum Gasteiger partial charge on any atom is -0.507 e. The van der Waals surface area contributed by atoms with Gasteiger partial charge in [0.05, 0.1) is 30.9 Å². The summed E-state index contributed by atoms with van der Waals surface area (Å²) in [5.74, 6) is 4.41. The molecule has 0 amide bonds. The number of carbonyl (C=O) groups is 1. The van der Waals surface area contributed by atoms with E-state index in [9.17, 15) is 15.0 Å². The summed E-state index contributed by atoms with van der Waals surface area (Å²) < 4.78 is 17.0. The minimum absolute atomic E-state index is 0.0414. The SMILES string of the molecule is C=C(OCCCCCCOc1ccc(-c2nc(-c3ccc(C)cc3C)nc(-c3ccc(C)cc3C)n2)c(O)c1)C(C)=O.Cc1ccc(-c2nc(-c3ccc(C)cc3C)nc(-c3ccc(OCCCCCCO)cc3O)n2)c(C)c1. The highest BCUT2D eigenvalue weighted by Gasteiger charge is 2.20. The number of hydrogen-bond acceptors (Lipinski definition) is 13. The van der Waals surface area contributed by atoms with Gasteiger partial charge in [0.1, 0.15) is 23.0 Å². The first kappa shape index (κ1) is 58.4. The van der Waals surface area contributed by atoms with E-state index in [1.54, 1.807) is 24.3 Å². The summed E-state index contributed by atoms with van der Waals surface area (Å²) in [6.45, 7) is 23.3. The number of ketones is 1. The zero-order valence-electron chi connectivity index (χ0n) is 47.2. The second-order valence-corrected chi connectivity index (χ2v) is 20.3. The van der Waals surface area contributed by atoms with Crippen molar-refractivity contribution in [3.8, 4) is 91.3 Å². The summed E-state index contributed by atoms with van der Waals surface area (Å²) in [5.41, 5.74) is 13.7. The maximum absolute atomic E-state index is 11.1. The average molecular weight is 1060 g/mol. The number of Topliss-reactive ketones (excluding diaryl/α,β-unsaturated/α-hetero) is 1. The topological polar surface area (TPSA) is 183 Å². The standard InChI is InChI=1S/C35H39N3O4.C31H35N3O3/c1-22-11-14-29(24(3)19-22)33-36-34(30-15-12-23(2)20-25(30)4)38-35(37-33)31-16-13-28(21-32(31)40)42-18-10-8-7-9-17-41-27(6)26(5)39;1-20-9-12-25(22(3)17-20)29-32-30(26-13-10-21(2)18-23(26)4)34-31(33-29)27-14-11-24(19-28(27)36)37-16-8-6-5-7-15-35/h11-16,19-21,40H,6-10,17-18H2,1-5H3;9-14,17-19,35-36H,5-8,15-16H2,1-4H3. The number of allylic oxidation sites excluding steroid dienone is 1. The summed E-state index contributed by atoms with van der Waals surface area (Å²) >= 11 is 0. The zero-order chi connectivity index (χ0) is 56.6. The number of hydrogen-bond donors (Lipinski definition) is 3. The second-order valence-electron chi connectivity index (χ2n) is 20.3. The molecule has 0 spiro atoms. The molecule has 0 aliphatic rings. The van der Waals surface area contributed by atoms with Gasteiger partial charge in [-0.05, 0) is 147 Å². The van der Waals surface area contributed by atoms with Crippen molar-refractivity contribution in [1.82, 2.24) is 29.9 Å². The molecule has 3 N–H and O–H groups in total. The van der Waals surface area contributed by atoms with Crippen LogP contribution in [0.2, 0.25) is 0 Å². The van der Waals surface area contributed by atoms with Crippen molar-refractivity contribution in [1.29, 1.82) is 0 Å². The molecule has 8 rings (SSSR count). The molecule has 8 aromatic rings. The van der Waals surface area contributed by atoms with Gasteiger partial charge in [-0.15, -0.1) is 0 Å². The summed E-state index contributed by atoms with van der Waals surface area (Å²) in [6, 6.07) is 35.2. The smallest absolute Gasteiger partial charge is 0.193 e. The van der Waals surface area contributed by atoms with Crippen LogP contribution in [0, 0.1) is 55.4 Å². The number of rotatable bonds is 23. The molecule has 0 atom stereocenters. The van der Waals surface area contributed by atoms with Gasteiger partial charge in [-0.3, -0.25) is 4.79 Å². The highest BCUT2D eigenvalue weighted by atomic mass is 16.5. The number of aromatic hydroxyl groups is 2. The molecule has 0 aliphatic carbocycles. The average Bonchev–Trinajstić information content (AvgIpc) is 3.45. The largest absolute Gasteiger partial charge is 0.507 e. The molecule has 410 valence electrons. The molecule has 0 radical (unpaired) electrons. The summed E-state index contributed by atoms with van der Waals surface area (Å²) in [6.07, 6.45) is 7.33. The Morgan fingerprint density at radius 1 is 0.405 bits per heavy atom. The van der Waals surface area contributed by atoms with Crippen molar-refractivity contribution >= 4 is 5.78 Å². The van der Waals surface area contributed by atoms with E-state index in [1.807, 2.05) is 62.4 Å². The monoisotopic (exact) mass is 1060 g/mol. The number of unbranched alkanes of at least 4 members (excludes halogenated alkanes) is 6. The normalized spacial score (nSPS) is 11.0. The maximum Gasteiger partial charge on any atom is 0.193 e. The summed E-state index contributed by atoms with van der Waals surface area (Å²) in [4.78, 5) is 40.0. The van der Waals surface area contributed by atoms with Gasteiger partial charge in [0.25, 0.3) is 0 Å². The van der Waals surface area contributed by atoms with Gasteiger partial charge < -0.3 is 29.5 Å². The zero-order valence-corrected chi connectivity index (χ0v) is 47.2. The van der Waals surface area contributed by atoms with Gasteiger partial charge in [-0.25, -0.2) is 29.9 Å². The van der Waals surface area contributed by atoms with Crippen molar-refractivity contribution < 1.29 is 34.3 Å². The van der Waals surface area contributed by atoms with Crippen LogP contribution in [0.3, 0.4) is 0 Å². The van der Waals surface area contributed by atoms with Gasteiger partial charge in [0.2, 0.25) is 0 Å². The molecule has 0 unspecified atom stereocenters. The molecule has 79 heavy (non-hydrogen) atoms. The fourth-order valence-electron chi connectivity index (χ4n) is 9.12. The predicted molar refractivity (Wildman–Crippen MR) is 314 cm³/mol. The van der Waals surface area contributed by atoms with Crippen LogP contribution in [-0.4, -0.2) is 77.4 Å². The lowest BCUT2D eigenvalue weighted by atomic mass is 10.0. The van der Waals surface area contributed by atoms with E-state index in [1.165, 1.54) is 29.2 Å². The van der Waals surface area contributed by atoms with Crippen LogP contribution in [0.15, 0.2) is 122 Å². The predicted octanol–water partition coefficient (Wildman–Crippen LogP) is 14.6. The van der Waals surface area contributed by atoms with Crippen molar-refractivity contribution in [3.63, 3.8) is 0 Å². The molecule has 13 heteroatoms. The van der Waals surface area contributed by atoms with Crippen LogP contribution in [0.1, 0.15) is 103 Å². The Balaban J connectivity index is 0.000000230. The number of nitrogens with zero attached hydrogens (tertiary/aromatic N) is 6. The van der Waals surface area contributed by atoms with Crippen LogP contribution < -0.4 is 9.47 Å². The third-order valence-corrected chi connectivity index (χ3v) is 13.5. The lowest BCUT2D eigenvalue weighted by Crippen LogP contribution is -2.03. The first-order valence-electron chi connectivity index (χ1n) is 27.2. The second kappa shape index (κ2) is 27.8. The van der Waals surface area contributed by atoms with E-state index in [-0.39, 0.29) is 29.6 Å². The molecule has 2 heterocycles. The van der Waals surface area contributed by atoms with Gasteiger partial charge in [-0.1, -0.05) is 108 Å².